The quantitative estimate of drug-likeness (QED) is 0.0325. The molecule has 3 atom stereocenters. The second kappa shape index (κ2) is 25.6. The van der Waals surface area contributed by atoms with Gasteiger partial charge in [-0.05, 0) is 57.8 Å². The SMILES string of the molecule is CCCCC/C=C\C/C=C\C/C=C\C/C=C\CCCCO[C@]12COP1(=O)C2OC(=O)CCCCCCCCCCCCCCC. The normalized spacial score (nSPS) is 22.6. The van der Waals surface area contributed by atoms with Gasteiger partial charge < -0.3 is 14.0 Å². The molecule has 5 nitrogen and oxygen atoms in total. The average Bonchev–Trinajstić information content (AvgIpc) is 3.38. The molecule has 0 spiro atoms. The third kappa shape index (κ3) is 16.3. The molecule has 0 bridgehead atoms. The van der Waals surface area contributed by atoms with E-state index in [0.29, 0.717) is 13.0 Å². The lowest BCUT2D eigenvalue weighted by Crippen LogP contribution is -2.31. The molecular weight excluding hydrogens is 579 g/mol. The first-order valence-electron chi connectivity index (χ1n) is 18.8. The number of allylic oxidation sites excluding steroid dienone is 8. The van der Waals surface area contributed by atoms with Crippen molar-refractivity contribution in [2.45, 2.75) is 179 Å². The topological polar surface area (TPSA) is 61.8 Å². The third-order valence-corrected chi connectivity index (χ3v) is 11.8. The number of hydrogen-bond acceptors (Lipinski definition) is 5. The number of fused-ring (bicyclic) bond motifs is 1. The van der Waals surface area contributed by atoms with Gasteiger partial charge in [-0.25, -0.2) is 0 Å². The molecule has 2 fully saturated rings. The van der Waals surface area contributed by atoms with Crippen LogP contribution in [0.1, 0.15) is 168 Å². The van der Waals surface area contributed by atoms with Gasteiger partial charge in [0, 0.05) is 13.0 Å². The van der Waals surface area contributed by atoms with E-state index in [0.717, 1.165) is 51.4 Å². The minimum atomic E-state index is -2.95. The summed E-state index contributed by atoms with van der Waals surface area (Å²) in [4.78, 5) is 12.4. The molecule has 258 valence electrons. The molecule has 0 amide bonds. The lowest BCUT2D eigenvalue weighted by molar-refractivity contribution is -0.149. The molecule has 2 rings (SSSR count). The Morgan fingerprint density at radius 2 is 1.09 bits per heavy atom. The van der Waals surface area contributed by atoms with E-state index in [9.17, 15) is 9.36 Å². The Kier molecular flexibility index (Phi) is 22.7. The number of esters is 1. The highest BCUT2D eigenvalue weighted by Gasteiger charge is 2.88. The molecule has 2 heterocycles. The first kappa shape index (κ1) is 39.8. The fourth-order valence-corrected chi connectivity index (χ4v) is 8.36. The summed E-state index contributed by atoms with van der Waals surface area (Å²) in [5.41, 5.74) is 0. The van der Waals surface area contributed by atoms with Crippen molar-refractivity contribution in [1.82, 2.24) is 0 Å². The highest BCUT2D eigenvalue weighted by Crippen LogP contribution is 2.90. The van der Waals surface area contributed by atoms with Crippen LogP contribution in [0.3, 0.4) is 0 Å². The van der Waals surface area contributed by atoms with Crippen molar-refractivity contribution in [3.05, 3.63) is 48.6 Å². The second-order valence-corrected chi connectivity index (χ2v) is 15.7. The van der Waals surface area contributed by atoms with E-state index in [2.05, 4.69) is 62.5 Å². The zero-order chi connectivity index (χ0) is 32.3. The molecule has 2 aliphatic rings. The highest BCUT2D eigenvalue weighted by atomic mass is 31.2. The summed E-state index contributed by atoms with van der Waals surface area (Å²) in [5, 5.41) is -0.849. The molecular formula is C39H67O5P. The minimum absolute atomic E-state index is 0.264. The Bertz CT molecular complexity index is 922. The number of rotatable bonds is 31. The molecule has 2 aliphatic heterocycles. The Balaban J connectivity index is 1.41. The van der Waals surface area contributed by atoms with Gasteiger partial charge in [0.15, 0.2) is 0 Å². The minimum Gasteiger partial charge on any atom is -0.448 e. The summed E-state index contributed by atoms with van der Waals surface area (Å²) < 4.78 is 29.8. The summed E-state index contributed by atoms with van der Waals surface area (Å²) in [6.45, 7) is 5.30. The van der Waals surface area contributed by atoms with Crippen LogP contribution in [0.25, 0.3) is 0 Å². The standard InChI is InChI=1S/C39H67O5P/c1-3-5-7-9-11-13-15-17-18-19-20-21-23-25-27-29-31-33-35-42-39-36-43-45(39,41)38(39)44-37(40)34-32-30-28-26-24-22-16-14-12-10-8-6-4-2/h11,13,17-18,20-21,25,27,38H,3-10,12,14-16,19,22-24,26,28-36H2,1-2H3/b13-11-,18-17-,21-20-,27-25-/t38?,39-,45?/m1/s1. The van der Waals surface area contributed by atoms with Gasteiger partial charge in [0.05, 0.1) is 6.61 Å². The maximum absolute atomic E-state index is 12.9. The maximum atomic E-state index is 12.9. The van der Waals surface area contributed by atoms with Gasteiger partial charge in [-0.1, -0.05) is 152 Å². The van der Waals surface area contributed by atoms with E-state index in [1.165, 1.54) is 96.3 Å². The van der Waals surface area contributed by atoms with Crippen LogP contribution in [0.15, 0.2) is 48.6 Å². The monoisotopic (exact) mass is 646 g/mol. The highest BCUT2D eigenvalue weighted by molar-refractivity contribution is 7.70. The van der Waals surface area contributed by atoms with Crippen molar-refractivity contribution >= 4 is 13.3 Å². The van der Waals surface area contributed by atoms with E-state index in [1.54, 1.807) is 0 Å². The predicted octanol–water partition coefficient (Wildman–Crippen LogP) is 12.5. The molecule has 0 radical (unpaired) electrons. The molecule has 0 aromatic rings. The van der Waals surface area contributed by atoms with Crippen LogP contribution in [0, 0.1) is 0 Å². The third-order valence-electron chi connectivity index (χ3n) is 8.92. The first-order chi connectivity index (χ1) is 22.1. The molecule has 6 heteroatoms. The van der Waals surface area contributed by atoms with E-state index in [-0.39, 0.29) is 12.6 Å². The van der Waals surface area contributed by atoms with Crippen LogP contribution in [-0.2, 0) is 23.4 Å². The van der Waals surface area contributed by atoms with Crippen molar-refractivity contribution < 1.29 is 23.4 Å². The summed E-state index contributed by atoms with van der Waals surface area (Å²) >= 11 is 0. The number of hydrogen-bond donors (Lipinski definition) is 0. The van der Waals surface area contributed by atoms with Gasteiger partial charge in [-0.3, -0.25) is 9.36 Å². The smallest absolute Gasteiger partial charge is 0.306 e. The van der Waals surface area contributed by atoms with Crippen LogP contribution in [-0.4, -0.2) is 30.4 Å². The molecule has 0 N–H and O–H groups in total. The van der Waals surface area contributed by atoms with Crippen LogP contribution in [0.2, 0.25) is 0 Å². The number of carbonyl (C=O) groups is 1. The molecule has 2 unspecified atom stereocenters. The summed E-state index contributed by atoms with van der Waals surface area (Å²) in [6, 6.07) is 0. The largest absolute Gasteiger partial charge is 0.448 e. The maximum Gasteiger partial charge on any atom is 0.306 e. The van der Waals surface area contributed by atoms with E-state index in [4.69, 9.17) is 14.0 Å². The second-order valence-electron chi connectivity index (χ2n) is 13.0. The van der Waals surface area contributed by atoms with Crippen molar-refractivity contribution in [1.29, 1.82) is 0 Å². The van der Waals surface area contributed by atoms with Gasteiger partial charge in [0.25, 0.3) is 7.37 Å². The van der Waals surface area contributed by atoms with Crippen molar-refractivity contribution in [3.63, 3.8) is 0 Å². The van der Waals surface area contributed by atoms with Crippen molar-refractivity contribution in [2.24, 2.45) is 0 Å². The number of carbonyl (C=O) groups excluding carboxylic acids is 1. The van der Waals surface area contributed by atoms with E-state index in [1.807, 2.05) is 0 Å². The number of ether oxygens (including phenoxy) is 2. The Morgan fingerprint density at radius 1 is 0.644 bits per heavy atom. The fourth-order valence-electron chi connectivity index (χ4n) is 5.84. The molecule has 45 heavy (non-hydrogen) atoms. The van der Waals surface area contributed by atoms with E-state index >= 15 is 0 Å². The summed E-state index contributed by atoms with van der Waals surface area (Å²) in [7, 11) is -2.95. The first-order valence-corrected chi connectivity index (χ1v) is 20.5. The predicted molar refractivity (Wildman–Crippen MR) is 191 cm³/mol. The van der Waals surface area contributed by atoms with Crippen molar-refractivity contribution in [2.75, 3.05) is 13.2 Å². The van der Waals surface area contributed by atoms with Gasteiger partial charge >= 0.3 is 5.97 Å². The van der Waals surface area contributed by atoms with Gasteiger partial charge in [-0.2, -0.15) is 0 Å². The van der Waals surface area contributed by atoms with Crippen LogP contribution >= 0.6 is 7.37 Å². The molecule has 0 saturated carbocycles. The molecule has 0 aromatic heterocycles. The Labute approximate surface area is 277 Å². The summed E-state index contributed by atoms with van der Waals surface area (Å²) in [5.74, 6) is -0.951. The lowest BCUT2D eigenvalue weighted by atomic mass is 10.0. The summed E-state index contributed by atoms with van der Waals surface area (Å²) in [6.07, 6.45) is 45.8. The van der Waals surface area contributed by atoms with E-state index < -0.39 is 18.6 Å². The average molecular weight is 647 g/mol. The van der Waals surface area contributed by atoms with Crippen LogP contribution in [0.5, 0.6) is 0 Å². The lowest BCUT2D eigenvalue weighted by Gasteiger charge is -2.23. The van der Waals surface area contributed by atoms with Crippen LogP contribution < -0.4 is 0 Å². The molecule has 0 aromatic carbocycles. The Hall–Kier alpha value is -1.42. The fraction of sp³-hybridized carbons (Fsp3) is 0.769. The Morgan fingerprint density at radius 3 is 1.58 bits per heavy atom. The zero-order valence-electron chi connectivity index (χ0n) is 29.1. The van der Waals surface area contributed by atoms with Gasteiger partial charge in [0.2, 0.25) is 11.2 Å². The number of unbranched alkanes of at least 4 members (excludes halogenated alkanes) is 17. The molecule has 2 saturated heterocycles. The van der Waals surface area contributed by atoms with Gasteiger partial charge in [0.1, 0.15) is 0 Å². The zero-order valence-corrected chi connectivity index (χ0v) is 30.0. The van der Waals surface area contributed by atoms with Crippen LogP contribution in [0.4, 0.5) is 0 Å². The van der Waals surface area contributed by atoms with Crippen molar-refractivity contribution in [3.8, 4) is 0 Å². The van der Waals surface area contributed by atoms with Gasteiger partial charge in [-0.15, -0.1) is 0 Å². The molecule has 0 aliphatic carbocycles.